The van der Waals surface area contributed by atoms with E-state index in [4.69, 9.17) is 16.1 Å². The van der Waals surface area contributed by atoms with Gasteiger partial charge in [-0.05, 0) is 53.7 Å². The van der Waals surface area contributed by atoms with Crippen LogP contribution in [0.4, 0.5) is 0 Å². The zero-order chi connectivity index (χ0) is 17.8. The molecule has 0 aromatic heterocycles. The molecule has 0 atom stereocenters. The molecule has 0 amide bonds. The van der Waals surface area contributed by atoms with E-state index in [1.165, 1.54) is 5.30 Å². The molecule has 1 aromatic carbocycles. The zero-order valence-electron chi connectivity index (χ0n) is 14.9. The average Bonchev–Trinajstić information content (AvgIpc) is 2.45. The van der Waals surface area contributed by atoms with Crippen LogP contribution in [0, 0.1) is 6.66 Å². The molecule has 0 unspecified atom stereocenters. The summed E-state index contributed by atoms with van der Waals surface area (Å²) in [7, 11) is 6.14. The minimum atomic E-state index is -1.74. The first-order valence-electron chi connectivity index (χ1n) is 7.08. The van der Waals surface area contributed by atoms with Crippen LogP contribution in [0.1, 0.15) is 41.5 Å². The van der Waals surface area contributed by atoms with E-state index in [1.54, 1.807) is 14.2 Å². The van der Waals surface area contributed by atoms with E-state index < -0.39 is 7.26 Å². The molecule has 1 rings (SSSR count). The molecule has 2 nitrogen and oxygen atoms in total. The molecule has 22 heavy (non-hydrogen) atoms. The maximum absolute atomic E-state index is 5.67. The van der Waals surface area contributed by atoms with Crippen LogP contribution < -0.4 is 14.8 Å². The Balaban J connectivity index is 0.00000211. The summed E-state index contributed by atoms with van der Waals surface area (Å²) in [5.74, 6) is 1.62. The summed E-state index contributed by atoms with van der Waals surface area (Å²) in [6.45, 7) is 18.4. The molecule has 0 aliphatic rings. The number of hydrogen-bond donors (Lipinski definition) is 0. The Morgan fingerprint density at radius 1 is 0.955 bits per heavy atom. The van der Waals surface area contributed by atoms with Crippen molar-refractivity contribution in [3.05, 3.63) is 24.9 Å². The summed E-state index contributed by atoms with van der Waals surface area (Å²) in [5, 5.41) is 1.38. The number of ether oxygens (including phenoxy) is 2. The summed E-state index contributed by atoms with van der Waals surface area (Å²) in [4.78, 5) is 0. The van der Waals surface area contributed by atoms with Crippen molar-refractivity contribution in [2.45, 2.75) is 51.9 Å². The predicted octanol–water partition coefficient (Wildman–Crippen LogP) is 5.42. The first-order valence-corrected chi connectivity index (χ1v) is 11.1. The number of benzene rings is 1. The molecule has 0 fully saturated rings. The van der Waals surface area contributed by atoms with Crippen LogP contribution in [0.5, 0.6) is 11.5 Å². The fraction of sp³-hybridized carbons (Fsp3) is 0.588. The molecule has 0 aliphatic heterocycles. The van der Waals surface area contributed by atoms with Crippen molar-refractivity contribution >= 4 is 22.1 Å². The summed E-state index contributed by atoms with van der Waals surface area (Å²) in [6, 6.07) is 6.13. The van der Waals surface area contributed by atoms with Crippen LogP contribution in [0.2, 0.25) is 0 Å². The van der Waals surface area contributed by atoms with Gasteiger partial charge in [-0.15, -0.1) is 0 Å². The minimum absolute atomic E-state index is 0.0882. The van der Waals surface area contributed by atoms with Gasteiger partial charge in [-0.3, -0.25) is 0 Å². The van der Waals surface area contributed by atoms with Gasteiger partial charge in [-0.2, -0.15) is 6.66 Å². The van der Waals surface area contributed by atoms with Crippen molar-refractivity contribution in [1.29, 1.82) is 0 Å². The molecule has 0 heterocycles. The first kappa shape index (κ1) is 22.2. The zero-order valence-corrected chi connectivity index (χ0v) is 18.1. The number of halogens is 1. The molecule has 1 aromatic rings. The number of rotatable bonds is 3. The molecule has 0 radical (unpaired) electrons. The molecular formula is C17H29ClO2PPd+. The van der Waals surface area contributed by atoms with Gasteiger partial charge in [-0.1, -0.05) is 13.3 Å². The molecule has 0 spiro atoms. The monoisotopic (exact) mass is 437 g/mol. The molecule has 5 heteroatoms. The van der Waals surface area contributed by atoms with Gasteiger partial charge >= 0.3 is 27.7 Å². The van der Waals surface area contributed by atoms with Crippen LogP contribution in [0.25, 0.3) is 0 Å². The van der Waals surface area contributed by atoms with E-state index in [2.05, 4.69) is 75.3 Å². The number of para-hydroxylation sites is 1. The van der Waals surface area contributed by atoms with Crippen LogP contribution in [0.15, 0.2) is 18.2 Å². The molecule has 0 saturated carbocycles. The van der Waals surface area contributed by atoms with Gasteiger partial charge in [-0.25, -0.2) is 0 Å². The van der Waals surface area contributed by atoms with Crippen molar-refractivity contribution in [2.75, 3.05) is 14.2 Å². The standard InChI is InChI=1S/C17H29O2P.ClH.Pd/c1-16(2,3)20(9,17(4,5)6)14-12-10-11-13(18-7)15(14)19-8;;/h10-12H,9H2,1-8H3;1H;/q;;+2/p-1. The maximum atomic E-state index is 5.67. The molecule has 0 aliphatic carbocycles. The van der Waals surface area contributed by atoms with E-state index in [0.717, 1.165) is 11.5 Å². The average molecular weight is 438 g/mol. The van der Waals surface area contributed by atoms with Crippen molar-refractivity contribution in [3.8, 4) is 11.5 Å². The van der Waals surface area contributed by atoms with Gasteiger partial charge in [0, 0.05) is 0 Å². The quantitative estimate of drug-likeness (QED) is 0.357. The van der Waals surface area contributed by atoms with Gasteiger partial charge in [0.1, 0.15) is 5.30 Å². The van der Waals surface area contributed by atoms with Crippen molar-refractivity contribution in [2.24, 2.45) is 0 Å². The second-order valence-electron chi connectivity index (χ2n) is 7.16. The Labute approximate surface area is 152 Å². The van der Waals surface area contributed by atoms with E-state index in [-0.39, 0.29) is 10.3 Å². The van der Waals surface area contributed by atoms with Gasteiger partial charge in [0.05, 0.1) is 24.5 Å². The predicted molar refractivity (Wildman–Crippen MR) is 96.8 cm³/mol. The molecule has 0 N–H and O–H groups in total. The van der Waals surface area contributed by atoms with E-state index in [1.807, 2.05) is 12.1 Å². The normalized spacial score (nSPS) is 12.4. The van der Waals surface area contributed by atoms with Gasteiger partial charge in [0.2, 0.25) is 5.75 Å². The molecule has 130 valence electrons. The number of methoxy groups -OCH3 is 2. The summed E-state index contributed by atoms with van der Waals surface area (Å²) in [5.41, 5.74) is 0. The van der Waals surface area contributed by atoms with E-state index in [9.17, 15) is 0 Å². The topological polar surface area (TPSA) is 18.5 Å². The Hall–Kier alpha value is 0.202. The molecule has 0 saturated heterocycles. The fourth-order valence-corrected chi connectivity index (χ4v) is 7.25. The van der Waals surface area contributed by atoms with E-state index in [0.29, 0.717) is 0 Å². The summed E-state index contributed by atoms with van der Waals surface area (Å²) < 4.78 is 11.1. The van der Waals surface area contributed by atoms with Crippen LogP contribution in [0.3, 0.4) is 0 Å². The van der Waals surface area contributed by atoms with Crippen LogP contribution >= 0.6 is 16.8 Å². The Kier molecular flexibility index (Phi) is 8.42. The van der Waals surface area contributed by atoms with E-state index >= 15 is 0 Å². The second kappa shape index (κ2) is 8.34. The van der Waals surface area contributed by atoms with Crippen molar-refractivity contribution in [1.82, 2.24) is 0 Å². The first-order chi connectivity index (χ1) is 10.0. The van der Waals surface area contributed by atoms with Crippen LogP contribution in [-0.4, -0.2) is 24.5 Å². The second-order valence-corrected chi connectivity index (χ2v) is 11.9. The third kappa shape index (κ3) is 4.18. The van der Waals surface area contributed by atoms with Gasteiger partial charge in [0.25, 0.3) is 0 Å². The Morgan fingerprint density at radius 2 is 1.41 bits per heavy atom. The van der Waals surface area contributed by atoms with Crippen LogP contribution in [-0.2, 0) is 18.2 Å². The Morgan fingerprint density at radius 3 is 1.73 bits per heavy atom. The third-order valence-electron chi connectivity index (χ3n) is 4.08. The SMILES string of the molecule is [CH2-][P+](c1cccc(OC)c1OC)(C(C)(C)C)C(C)(C)C.[Cl][Pd+]. The third-order valence-corrected chi connectivity index (χ3v) is 9.84. The van der Waals surface area contributed by atoms with Crippen molar-refractivity contribution < 1.29 is 27.7 Å². The summed E-state index contributed by atoms with van der Waals surface area (Å²) in [6.07, 6.45) is 0. The van der Waals surface area contributed by atoms with Gasteiger partial charge in [0.15, 0.2) is 5.75 Å². The molecular weight excluding hydrogens is 409 g/mol. The Bertz CT molecular complexity index is 465. The molecule has 0 bridgehead atoms. The van der Waals surface area contributed by atoms with Crippen molar-refractivity contribution in [3.63, 3.8) is 0 Å². The summed E-state index contributed by atoms with van der Waals surface area (Å²) >= 11 is 2.22. The van der Waals surface area contributed by atoms with Gasteiger partial charge < -0.3 is 9.47 Å². The fourth-order valence-electron chi connectivity index (χ4n) is 2.90. The number of hydrogen-bond acceptors (Lipinski definition) is 2.